The second-order valence-electron chi connectivity index (χ2n) is 4.58. The van der Waals surface area contributed by atoms with Gasteiger partial charge in [0.15, 0.2) is 0 Å². The molecule has 0 aromatic rings. The van der Waals surface area contributed by atoms with Gasteiger partial charge in [0.2, 0.25) is 5.91 Å². The highest BCUT2D eigenvalue weighted by atomic mass is 35.5. The van der Waals surface area contributed by atoms with Gasteiger partial charge in [0.05, 0.1) is 0 Å². The molecule has 2 atom stereocenters. The Bertz CT molecular complexity index is 215. The molecule has 0 heterocycles. The van der Waals surface area contributed by atoms with Crippen LogP contribution in [-0.4, -0.2) is 17.8 Å². The van der Waals surface area contributed by atoms with Crippen molar-refractivity contribution in [1.82, 2.24) is 5.32 Å². The summed E-state index contributed by atoms with van der Waals surface area (Å²) in [5.41, 5.74) is 0. The first-order valence-corrected chi connectivity index (χ1v) is 6.13. The lowest BCUT2D eigenvalue weighted by molar-refractivity contribution is -0.122. The summed E-state index contributed by atoms with van der Waals surface area (Å²) >= 11 is 6.21. The van der Waals surface area contributed by atoms with Crippen molar-refractivity contribution >= 4 is 17.5 Å². The maximum Gasteiger partial charge on any atom is 0.223 e. The second-order valence-corrected chi connectivity index (χ2v) is 5.14. The van der Waals surface area contributed by atoms with Gasteiger partial charge in [-0.1, -0.05) is 12.8 Å². The fourth-order valence-electron chi connectivity index (χ4n) is 2.11. The minimum atomic E-state index is 0.249. The largest absolute Gasteiger partial charge is 0.356 e. The minimum absolute atomic E-state index is 0.249. The Labute approximate surface area is 90.4 Å². The van der Waals surface area contributed by atoms with Gasteiger partial charge in [-0.15, -0.1) is 11.6 Å². The van der Waals surface area contributed by atoms with Gasteiger partial charge in [-0.2, -0.15) is 0 Å². The summed E-state index contributed by atoms with van der Waals surface area (Å²) in [5, 5.41) is 3.30. The van der Waals surface area contributed by atoms with E-state index in [0.29, 0.717) is 11.8 Å². The standard InChI is InChI=1S/C11H18ClNO/c12-10-4-2-1-3-9(10)7-13-11(14)8-5-6-8/h8-10H,1-7H2,(H,13,14). The van der Waals surface area contributed by atoms with Crippen LogP contribution in [0.3, 0.4) is 0 Å². The summed E-state index contributed by atoms with van der Waals surface area (Å²) in [5.74, 6) is 1.08. The predicted molar refractivity (Wildman–Crippen MR) is 57.3 cm³/mol. The lowest BCUT2D eigenvalue weighted by Crippen LogP contribution is -2.35. The molecule has 2 rings (SSSR count). The van der Waals surface area contributed by atoms with Crippen molar-refractivity contribution in [3.05, 3.63) is 0 Å². The highest BCUT2D eigenvalue weighted by molar-refractivity contribution is 6.20. The van der Waals surface area contributed by atoms with Gasteiger partial charge in [0.25, 0.3) is 0 Å². The molecule has 14 heavy (non-hydrogen) atoms. The third-order valence-electron chi connectivity index (χ3n) is 3.30. The van der Waals surface area contributed by atoms with E-state index in [4.69, 9.17) is 11.6 Å². The first-order valence-electron chi connectivity index (χ1n) is 5.69. The SMILES string of the molecule is O=C(NCC1CCCCC1Cl)C1CC1. The Morgan fingerprint density at radius 3 is 2.57 bits per heavy atom. The van der Waals surface area contributed by atoms with E-state index in [-0.39, 0.29) is 11.3 Å². The van der Waals surface area contributed by atoms with Gasteiger partial charge in [-0.25, -0.2) is 0 Å². The van der Waals surface area contributed by atoms with Crippen LogP contribution < -0.4 is 5.32 Å². The fourth-order valence-corrected chi connectivity index (χ4v) is 2.48. The van der Waals surface area contributed by atoms with E-state index >= 15 is 0 Å². The lowest BCUT2D eigenvalue weighted by Gasteiger charge is -2.27. The molecule has 0 spiro atoms. The molecule has 0 aromatic heterocycles. The Morgan fingerprint density at radius 1 is 1.21 bits per heavy atom. The predicted octanol–water partition coefficient (Wildman–Crippen LogP) is 2.31. The average molecular weight is 216 g/mol. The number of hydrogen-bond donors (Lipinski definition) is 1. The molecular formula is C11H18ClNO. The third kappa shape index (κ3) is 2.63. The highest BCUT2D eigenvalue weighted by Gasteiger charge is 2.30. The number of carbonyl (C=O) groups is 1. The molecule has 0 saturated heterocycles. The zero-order valence-corrected chi connectivity index (χ0v) is 9.22. The molecule has 0 bridgehead atoms. The average Bonchev–Trinajstić information content (AvgIpc) is 2.99. The molecule has 1 N–H and O–H groups in total. The Hall–Kier alpha value is -0.240. The Morgan fingerprint density at radius 2 is 1.93 bits per heavy atom. The first-order chi connectivity index (χ1) is 6.77. The van der Waals surface area contributed by atoms with Crippen molar-refractivity contribution in [3.63, 3.8) is 0 Å². The van der Waals surface area contributed by atoms with Crippen molar-refractivity contribution in [2.75, 3.05) is 6.54 Å². The van der Waals surface area contributed by atoms with E-state index in [0.717, 1.165) is 25.8 Å². The molecule has 1 amide bonds. The van der Waals surface area contributed by atoms with Gasteiger partial charge < -0.3 is 5.32 Å². The van der Waals surface area contributed by atoms with Gasteiger partial charge in [0, 0.05) is 17.8 Å². The van der Waals surface area contributed by atoms with E-state index in [1.807, 2.05) is 0 Å². The van der Waals surface area contributed by atoms with Crippen LogP contribution >= 0.6 is 11.6 Å². The van der Waals surface area contributed by atoms with Gasteiger partial charge in [-0.3, -0.25) is 4.79 Å². The summed E-state index contributed by atoms with van der Waals surface area (Å²) in [6.45, 7) is 0.795. The monoisotopic (exact) mass is 215 g/mol. The Balaban J connectivity index is 1.70. The van der Waals surface area contributed by atoms with Crippen LogP contribution in [0.25, 0.3) is 0 Å². The minimum Gasteiger partial charge on any atom is -0.356 e. The molecule has 80 valence electrons. The van der Waals surface area contributed by atoms with Gasteiger partial charge >= 0.3 is 0 Å². The van der Waals surface area contributed by atoms with Crippen LogP contribution in [0.1, 0.15) is 38.5 Å². The summed E-state index contributed by atoms with van der Waals surface area (Å²) in [4.78, 5) is 11.4. The van der Waals surface area contributed by atoms with E-state index < -0.39 is 0 Å². The molecule has 0 radical (unpaired) electrons. The number of carbonyl (C=O) groups excluding carboxylic acids is 1. The molecule has 2 aliphatic rings. The molecule has 0 aliphatic heterocycles. The molecular weight excluding hydrogens is 198 g/mol. The molecule has 2 nitrogen and oxygen atoms in total. The van der Waals surface area contributed by atoms with Crippen molar-refractivity contribution in [2.45, 2.75) is 43.9 Å². The summed E-state index contributed by atoms with van der Waals surface area (Å²) in [6.07, 6.45) is 6.99. The summed E-state index contributed by atoms with van der Waals surface area (Å²) in [6, 6.07) is 0. The molecule has 2 saturated carbocycles. The number of rotatable bonds is 3. The van der Waals surface area contributed by atoms with Crippen LogP contribution in [0.5, 0.6) is 0 Å². The lowest BCUT2D eigenvalue weighted by atomic mass is 9.89. The normalized spacial score (nSPS) is 32.6. The molecule has 3 heteroatoms. The van der Waals surface area contributed by atoms with Crippen LogP contribution in [0.15, 0.2) is 0 Å². The van der Waals surface area contributed by atoms with Crippen LogP contribution in [0, 0.1) is 11.8 Å². The van der Waals surface area contributed by atoms with Crippen molar-refractivity contribution in [3.8, 4) is 0 Å². The highest BCUT2D eigenvalue weighted by Crippen LogP contribution is 2.30. The number of alkyl halides is 1. The molecule has 2 unspecified atom stereocenters. The van der Waals surface area contributed by atoms with E-state index in [9.17, 15) is 4.79 Å². The summed E-state index contributed by atoms with van der Waals surface area (Å²) < 4.78 is 0. The maximum atomic E-state index is 11.4. The Kier molecular flexibility index (Phi) is 3.32. The fraction of sp³-hybridized carbons (Fsp3) is 0.909. The van der Waals surface area contributed by atoms with E-state index in [1.165, 1.54) is 19.3 Å². The zero-order chi connectivity index (χ0) is 9.97. The smallest absolute Gasteiger partial charge is 0.223 e. The van der Waals surface area contributed by atoms with Crippen molar-refractivity contribution < 1.29 is 4.79 Å². The molecule has 2 fully saturated rings. The van der Waals surface area contributed by atoms with Crippen molar-refractivity contribution in [2.24, 2.45) is 11.8 Å². The van der Waals surface area contributed by atoms with Crippen LogP contribution in [-0.2, 0) is 4.79 Å². The maximum absolute atomic E-state index is 11.4. The van der Waals surface area contributed by atoms with E-state index in [2.05, 4.69) is 5.32 Å². The van der Waals surface area contributed by atoms with Crippen molar-refractivity contribution in [1.29, 1.82) is 0 Å². The van der Waals surface area contributed by atoms with Crippen LogP contribution in [0.2, 0.25) is 0 Å². The topological polar surface area (TPSA) is 29.1 Å². The second kappa shape index (κ2) is 4.52. The third-order valence-corrected chi connectivity index (χ3v) is 3.88. The molecule has 2 aliphatic carbocycles. The number of halogens is 1. The quantitative estimate of drug-likeness (QED) is 0.720. The summed E-state index contributed by atoms with van der Waals surface area (Å²) in [7, 11) is 0. The first kappa shape index (κ1) is 10.3. The van der Waals surface area contributed by atoms with Crippen LogP contribution in [0.4, 0.5) is 0 Å². The number of nitrogens with one attached hydrogen (secondary N) is 1. The number of hydrogen-bond acceptors (Lipinski definition) is 1. The van der Waals surface area contributed by atoms with Gasteiger partial charge in [0.1, 0.15) is 0 Å². The molecule has 0 aromatic carbocycles. The number of amides is 1. The zero-order valence-electron chi connectivity index (χ0n) is 8.47. The van der Waals surface area contributed by atoms with E-state index in [1.54, 1.807) is 0 Å². The van der Waals surface area contributed by atoms with Gasteiger partial charge in [-0.05, 0) is 31.6 Å².